The molecule has 0 aliphatic heterocycles. The first-order chi connectivity index (χ1) is 18.0. The van der Waals surface area contributed by atoms with Crippen molar-refractivity contribution >= 4 is 66.7 Å². The highest BCUT2D eigenvalue weighted by Crippen LogP contribution is 2.29. The van der Waals surface area contributed by atoms with E-state index in [0.717, 1.165) is 9.87 Å². The van der Waals surface area contributed by atoms with E-state index in [0.29, 0.717) is 20.1 Å². The number of nitrogens with zero attached hydrogens (tertiary/aromatic N) is 2. The molecule has 7 nitrogen and oxygen atoms in total. The fourth-order valence-corrected chi connectivity index (χ4v) is 6.25. The number of carbonyl (C=O) groups excluding carboxylic acids is 2. The van der Waals surface area contributed by atoms with Crippen LogP contribution in [-0.2, 0) is 26.2 Å². The Balaban J connectivity index is 2.10. The third kappa shape index (κ3) is 6.88. The second-order valence-electron chi connectivity index (χ2n) is 8.56. The monoisotopic (exact) mass is 639 g/mol. The molecule has 0 aliphatic carbocycles. The molecule has 1 N–H and O–H groups in total. The van der Waals surface area contributed by atoms with Gasteiger partial charge < -0.3 is 10.2 Å². The van der Waals surface area contributed by atoms with Crippen molar-refractivity contribution in [2.75, 3.05) is 17.9 Å². The van der Waals surface area contributed by atoms with Crippen LogP contribution in [0.15, 0.2) is 76.1 Å². The van der Waals surface area contributed by atoms with Crippen LogP contribution in [0.5, 0.6) is 0 Å². The Morgan fingerprint density at radius 2 is 1.61 bits per heavy atom. The van der Waals surface area contributed by atoms with Gasteiger partial charge in [0.1, 0.15) is 12.6 Å². The van der Waals surface area contributed by atoms with Gasteiger partial charge in [-0.2, -0.15) is 0 Å². The van der Waals surface area contributed by atoms with Gasteiger partial charge in [0.2, 0.25) is 11.8 Å². The second-order valence-corrected chi connectivity index (χ2v) is 12.2. The Morgan fingerprint density at radius 1 is 1.00 bits per heavy atom. The number of benzene rings is 3. The van der Waals surface area contributed by atoms with Gasteiger partial charge in [-0.1, -0.05) is 75.9 Å². The molecule has 0 aromatic heterocycles. The van der Waals surface area contributed by atoms with E-state index in [9.17, 15) is 18.0 Å². The minimum Gasteiger partial charge on any atom is -0.357 e. The predicted molar refractivity (Wildman–Crippen MR) is 155 cm³/mol. The summed E-state index contributed by atoms with van der Waals surface area (Å²) in [5, 5.41) is 3.25. The van der Waals surface area contributed by atoms with Crippen molar-refractivity contribution in [2.24, 2.45) is 0 Å². The quantitative estimate of drug-likeness (QED) is 0.303. The van der Waals surface area contributed by atoms with Crippen molar-refractivity contribution in [1.82, 2.24) is 10.2 Å². The van der Waals surface area contributed by atoms with E-state index < -0.39 is 28.5 Å². The largest absolute Gasteiger partial charge is 0.357 e. The minimum absolute atomic E-state index is 0.0370. The van der Waals surface area contributed by atoms with Gasteiger partial charge >= 0.3 is 0 Å². The summed E-state index contributed by atoms with van der Waals surface area (Å²) in [5.41, 5.74) is 1.65. The average Bonchev–Trinajstić information content (AvgIpc) is 2.88. The lowest BCUT2D eigenvalue weighted by Crippen LogP contribution is -2.51. The molecule has 38 heavy (non-hydrogen) atoms. The normalized spacial score (nSPS) is 12.1. The molecule has 0 saturated heterocycles. The number of rotatable bonds is 10. The topological polar surface area (TPSA) is 86.8 Å². The lowest BCUT2D eigenvalue weighted by Gasteiger charge is -2.33. The first-order valence-electron chi connectivity index (χ1n) is 11.8. The number of hydrogen-bond donors (Lipinski definition) is 1. The predicted octanol–water partition coefficient (Wildman–Crippen LogP) is 5.81. The lowest BCUT2D eigenvalue weighted by molar-refractivity contribution is -0.140. The van der Waals surface area contributed by atoms with Crippen LogP contribution in [0.1, 0.15) is 24.5 Å². The molecule has 0 saturated carbocycles. The van der Waals surface area contributed by atoms with Crippen LogP contribution in [0.4, 0.5) is 5.69 Å². The summed E-state index contributed by atoms with van der Waals surface area (Å²) < 4.78 is 29.3. The third-order valence-corrected chi connectivity index (χ3v) is 9.00. The molecule has 0 spiro atoms. The molecule has 0 aliphatic rings. The Kier molecular flexibility index (Phi) is 10.2. The first-order valence-corrected chi connectivity index (χ1v) is 14.8. The van der Waals surface area contributed by atoms with Gasteiger partial charge in [-0.05, 0) is 55.8 Å². The lowest BCUT2D eigenvalue weighted by atomic mass is 10.1. The molecule has 202 valence electrons. The summed E-state index contributed by atoms with van der Waals surface area (Å²) in [5.74, 6) is -0.980. The number of sulfonamides is 1. The number of aryl methyl sites for hydroxylation is 1. The first kappa shape index (κ1) is 30.0. The van der Waals surface area contributed by atoms with E-state index in [1.165, 1.54) is 24.1 Å². The molecule has 0 heterocycles. The van der Waals surface area contributed by atoms with E-state index in [-0.39, 0.29) is 29.5 Å². The molecule has 3 rings (SSSR count). The summed E-state index contributed by atoms with van der Waals surface area (Å²) in [6, 6.07) is 17.1. The zero-order valence-corrected chi connectivity index (χ0v) is 25.0. The van der Waals surface area contributed by atoms with Crippen molar-refractivity contribution in [3.8, 4) is 0 Å². The second kappa shape index (κ2) is 13.0. The Bertz CT molecular complexity index is 1400. The van der Waals surface area contributed by atoms with Gasteiger partial charge in [0.15, 0.2) is 0 Å². The Labute approximate surface area is 241 Å². The van der Waals surface area contributed by atoms with E-state index >= 15 is 0 Å². The number of carbonyl (C=O) groups is 2. The van der Waals surface area contributed by atoms with Crippen LogP contribution in [0.2, 0.25) is 10.0 Å². The van der Waals surface area contributed by atoms with Crippen molar-refractivity contribution in [3.63, 3.8) is 0 Å². The smallest absolute Gasteiger partial charge is 0.264 e. The molecule has 2 amide bonds. The molecule has 1 atom stereocenters. The molecule has 0 unspecified atom stereocenters. The highest BCUT2D eigenvalue weighted by molar-refractivity contribution is 9.10. The van der Waals surface area contributed by atoms with Crippen LogP contribution < -0.4 is 9.62 Å². The zero-order valence-electron chi connectivity index (χ0n) is 21.1. The number of anilines is 1. The van der Waals surface area contributed by atoms with Crippen LogP contribution in [0.3, 0.4) is 0 Å². The number of nitrogens with one attached hydrogen (secondary N) is 1. The van der Waals surface area contributed by atoms with Crippen LogP contribution in [0.25, 0.3) is 0 Å². The van der Waals surface area contributed by atoms with Crippen LogP contribution in [-0.4, -0.2) is 44.8 Å². The van der Waals surface area contributed by atoms with Gasteiger partial charge in [-0.15, -0.1) is 0 Å². The summed E-state index contributed by atoms with van der Waals surface area (Å²) in [6.07, 6.45) is 0.287. The SMILES string of the molecule is CC[C@@H](C(=O)NC)N(Cc1c(Cl)cccc1Cl)C(=O)CN(c1cccc(Br)c1)S(=O)(=O)c1ccc(C)cc1. The van der Waals surface area contributed by atoms with Crippen molar-refractivity contribution in [1.29, 1.82) is 0 Å². The van der Waals surface area contributed by atoms with E-state index in [4.69, 9.17) is 23.2 Å². The van der Waals surface area contributed by atoms with Gasteiger partial charge in [0.25, 0.3) is 10.0 Å². The van der Waals surface area contributed by atoms with Gasteiger partial charge in [-0.3, -0.25) is 13.9 Å². The van der Waals surface area contributed by atoms with Crippen LogP contribution in [0, 0.1) is 6.92 Å². The van der Waals surface area contributed by atoms with E-state index in [1.54, 1.807) is 61.5 Å². The maximum Gasteiger partial charge on any atom is 0.264 e. The fraction of sp³-hybridized carbons (Fsp3) is 0.259. The summed E-state index contributed by atoms with van der Waals surface area (Å²) >= 11 is 16.2. The number of likely N-dealkylation sites (N-methyl/N-ethyl adjacent to an activating group) is 1. The molecule has 3 aromatic carbocycles. The van der Waals surface area contributed by atoms with Crippen molar-refractivity contribution < 1.29 is 18.0 Å². The number of halogens is 3. The molecule has 0 bridgehead atoms. The number of hydrogen-bond acceptors (Lipinski definition) is 4. The number of amides is 2. The maximum absolute atomic E-state index is 13.9. The summed E-state index contributed by atoms with van der Waals surface area (Å²) in [6.45, 7) is 2.99. The zero-order chi connectivity index (χ0) is 28.0. The fourth-order valence-electron chi connectivity index (χ4n) is 3.94. The van der Waals surface area contributed by atoms with Crippen molar-refractivity contribution in [2.45, 2.75) is 37.8 Å². The Morgan fingerprint density at radius 3 is 2.16 bits per heavy atom. The highest BCUT2D eigenvalue weighted by atomic mass is 79.9. The van der Waals surface area contributed by atoms with Gasteiger partial charge in [-0.25, -0.2) is 8.42 Å². The average molecular weight is 641 g/mol. The third-order valence-electron chi connectivity index (χ3n) is 6.01. The van der Waals surface area contributed by atoms with E-state index in [2.05, 4.69) is 21.2 Å². The standard InChI is InChI=1S/C27H28BrCl2N3O4S/c1-4-25(27(35)31-3)32(16-22-23(29)9-6-10-24(22)30)26(34)17-33(20-8-5-7-19(28)15-20)38(36,37)21-13-11-18(2)12-14-21/h5-15,25H,4,16-17H2,1-3H3,(H,31,35)/t25-/m0/s1. The summed E-state index contributed by atoms with van der Waals surface area (Å²) in [4.78, 5) is 28.1. The molecular formula is C27H28BrCl2N3O4S. The molecular weight excluding hydrogens is 613 g/mol. The summed E-state index contributed by atoms with van der Waals surface area (Å²) in [7, 11) is -2.67. The minimum atomic E-state index is -4.15. The molecule has 11 heteroatoms. The van der Waals surface area contributed by atoms with Crippen LogP contribution >= 0.6 is 39.1 Å². The van der Waals surface area contributed by atoms with Gasteiger partial charge in [0, 0.05) is 33.7 Å². The molecule has 0 radical (unpaired) electrons. The van der Waals surface area contributed by atoms with Crippen molar-refractivity contribution in [3.05, 3.63) is 92.4 Å². The maximum atomic E-state index is 13.9. The Hall–Kier alpha value is -2.59. The molecule has 0 fully saturated rings. The van der Waals surface area contributed by atoms with E-state index in [1.807, 2.05) is 6.92 Å². The van der Waals surface area contributed by atoms with Gasteiger partial charge in [0.05, 0.1) is 10.6 Å². The highest BCUT2D eigenvalue weighted by Gasteiger charge is 2.34. The molecule has 3 aromatic rings.